The van der Waals surface area contributed by atoms with E-state index in [0.717, 1.165) is 32.1 Å². The number of amides is 2. The zero-order valence-electron chi connectivity index (χ0n) is 11.5. The number of carbonyl (C=O) groups excluding carboxylic acids is 2. The molecule has 1 aliphatic rings. The maximum absolute atomic E-state index is 12.3. The van der Waals surface area contributed by atoms with Crippen molar-refractivity contribution in [3.8, 4) is 0 Å². The monoisotopic (exact) mass is 275 g/mol. The molecule has 0 radical (unpaired) electrons. The van der Waals surface area contributed by atoms with Crippen LogP contribution in [0.4, 0.5) is 5.69 Å². The Morgan fingerprint density at radius 3 is 2.65 bits per heavy atom. The third-order valence-electron chi connectivity index (χ3n) is 3.82. The molecule has 1 aromatic rings. The van der Waals surface area contributed by atoms with Gasteiger partial charge in [0.25, 0.3) is 0 Å². The van der Waals surface area contributed by atoms with Crippen molar-refractivity contribution in [2.45, 2.75) is 38.1 Å². The van der Waals surface area contributed by atoms with Crippen molar-refractivity contribution in [1.29, 1.82) is 0 Å². The van der Waals surface area contributed by atoms with E-state index in [9.17, 15) is 9.59 Å². The van der Waals surface area contributed by atoms with Crippen molar-refractivity contribution >= 4 is 17.5 Å². The first-order chi connectivity index (χ1) is 9.58. The standard InChI is InChI=1S/C15H21N3O2/c16-13-8-3-1-2-7-12(13)15(20)18-11-6-4-5-10(9-11)14(17)19/h4-6,9,12-13H,1-3,7-8,16H2,(H2,17,19)(H,18,20). The van der Waals surface area contributed by atoms with Crippen LogP contribution < -0.4 is 16.8 Å². The fraction of sp³-hybridized carbons (Fsp3) is 0.467. The molecule has 0 saturated heterocycles. The highest BCUT2D eigenvalue weighted by Crippen LogP contribution is 2.23. The van der Waals surface area contributed by atoms with E-state index in [0.29, 0.717) is 11.3 Å². The molecule has 2 atom stereocenters. The SMILES string of the molecule is NC(=O)c1cccc(NC(=O)C2CCCCCC2N)c1. The summed E-state index contributed by atoms with van der Waals surface area (Å²) in [6.07, 6.45) is 4.96. The van der Waals surface area contributed by atoms with Gasteiger partial charge in [-0.25, -0.2) is 0 Å². The highest BCUT2D eigenvalue weighted by Gasteiger charge is 2.27. The van der Waals surface area contributed by atoms with Crippen LogP contribution in [-0.2, 0) is 4.79 Å². The fourth-order valence-electron chi connectivity index (χ4n) is 2.65. The number of hydrogen-bond acceptors (Lipinski definition) is 3. The molecule has 1 aliphatic carbocycles. The number of benzene rings is 1. The normalized spacial score (nSPS) is 22.9. The van der Waals surface area contributed by atoms with E-state index < -0.39 is 5.91 Å². The first kappa shape index (κ1) is 14.5. The van der Waals surface area contributed by atoms with Gasteiger partial charge in [-0.2, -0.15) is 0 Å². The van der Waals surface area contributed by atoms with Crippen LogP contribution in [0.1, 0.15) is 42.5 Å². The molecule has 5 nitrogen and oxygen atoms in total. The average molecular weight is 275 g/mol. The van der Waals surface area contributed by atoms with E-state index >= 15 is 0 Å². The van der Waals surface area contributed by atoms with Gasteiger partial charge in [-0.3, -0.25) is 9.59 Å². The molecule has 0 bridgehead atoms. The van der Waals surface area contributed by atoms with Gasteiger partial charge in [0.15, 0.2) is 0 Å². The number of hydrogen-bond donors (Lipinski definition) is 3. The van der Waals surface area contributed by atoms with Gasteiger partial charge in [0.2, 0.25) is 11.8 Å². The molecule has 108 valence electrons. The molecule has 1 aromatic carbocycles. The van der Waals surface area contributed by atoms with Gasteiger partial charge in [-0.1, -0.05) is 25.3 Å². The van der Waals surface area contributed by atoms with Crippen molar-refractivity contribution < 1.29 is 9.59 Å². The highest BCUT2D eigenvalue weighted by molar-refractivity contribution is 5.97. The number of nitrogens with two attached hydrogens (primary N) is 2. The molecule has 2 unspecified atom stereocenters. The number of nitrogens with one attached hydrogen (secondary N) is 1. The van der Waals surface area contributed by atoms with Gasteiger partial charge < -0.3 is 16.8 Å². The van der Waals surface area contributed by atoms with Gasteiger partial charge in [0, 0.05) is 17.3 Å². The first-order valence-electron chi connectivity index (χ1n) is 7.04. The van der Waals surface area contributed by atoms with Crippen LogP contribution in [-0.4, -0.2) is 17.9 Å². The second-order valence-corrected chi connectivity index (χ2v) is 5.34. The second kappa shape index (κ2) is 6.52. The van der Waals surface area contributed by atoms with Crippen LogP contribution in [0.15, 0.2) is 24.3 Å². The summed E-state index contributed by atoms with van der Waals surface area (Å²) in [5.41, 5.74) is 12.3. The van der Waals surface area contributed by atoms with Gasteiger partial charge in [-0.05, 0) is 31.0 Å². The molecule has 1 fully saturated rings. The largest absolute Gasteiger partial charge is 0.366 e. The Bertz CT molecular complexity index is 502. The number of carbonyl (C=O) groups is 2. The van der Waals surface area contributed by atoms with Crippen LogP contribution >= 0.6 is 0 Å². The predicted molar refractivity (Wildman–Crippen MR) is 78.1 cm³/mol. The van der Waals surface area contributed by atoms with Crippen molar-refractivity contribution in [1.82, 2.24) is 0 Å². The molecular weight excluding hydrogens is 254 g/mol. The second-order valence-electron chi connectivity index (χ2n) is 5.34. The smallest absolute Gasteiger partial charge is 0.248 e. The van der Waals surface area contributed by atoms with E-state index in [4.69, 9.17) is 11.5 Å². The molecule has 5 heteroatoms. The molecule has 0 spiro atoms. The Morgan fingerprint density at radius 1 is 1.15 bits per heavy atom. The predicted octanol–water partition coefficient (Wildman–Crippen LogP) is 1.63. The molecule has 5 N–H and O–H groups in total. The molecule has 0 aliphatic heterocycles. The van der Waals surface area contributed by atoms with Crippen molar-refractivity contribution in [2.24, 2.45) is 17.4 Å². The van der Waals surface area contributed by atoms with Crippen molar-refractivity contribution in [3.05, 3.63) is 29.8 Å². The molecule has 0 aromatic heterocycles. The van der Waals surface area contributed by atoms with Crippen LogP contribution in [0.25, 0.3) is 0 Å². The lowest BCUT2D eigenvalue weighted by atomic mass is 9.94. The third kappa shape index (κ3) is 3.57. The summed E-state index contributed by atoms with van der Waals surface area (Å²) in [6.45, 7) is 0. The number of primary amides is 1. The lowest BCUT2D eigenvalue weighted by Gasteiger charge is -2.20. The number of rotatable bonds is 3. The maximum atomic E-state index is 12.3. The van der Waals surface area contributed by atoms with Gasteiger partial charge in [0.1, 0.15) is 0 Å². The van der Waals surface area contributed by atoms with Crippen LogP contribution in [0.5, 0.6) is 0 Å². The molecular formula is C15H21N3O2. The summed E-state index contributed by atoms with van der Waals surface area (Å²) in [5.74, 6) is -0.733. The Morgan fingerprint density at radius 2 is 1.90 bits per heavy atom. The van der Waals surface area contributed by atoms with Crippen LogP contribution in [0, 0.1) is 5.92 Å². The molecule has 20 heavy (non-hydrogen) atoms. The minimum absolute atomic E-state index is 0.0685. The van der Waals surface area contributed by atoms with Crippen molar-refractivity contribution in [3.63, 3.8) is 0 Å². The zero-order valence-corrected chi connectivity index (χ0v) is 11.5. The molecule has 0 heterocycles. The summed E-state index contributed by atoms with van der Waals surface area (Å²) in [5, 5.41) is 2.84. The van der Waals surface area contributed by atoms with E-state index in [1.54, 1.807) is 24.3 Å². The fourth-order valence-corrected chi connectivity index (χ4v) is 2.65. The van der Waals surface area contributed by atoms with E-state index in [2.05, 4.69) is 5.32 Å². The van der Waals surface area contributed by atoms with E-state index in [-0.39, 0.29) is 17.9 Å². The Kier molecular flexibility index (Phi) is 4.74. The van der Waals surface area contributed by atoms with Crippen LogP contribution in [0.3, 0.4) is 0 Å². The van der Waals surface area contributed by atoms with E-state index in [1.807, 2.05) is 0 Å². The Balaban J connectivity index is 2.06. The summed E-state index contributed by atoms with van der Waals surface area (Å²) < 4.78 is 0. The minimum atomic E-state index is -0.507. The first-order valence-corrected chi connectivity index (χ1v) is 7.04. The maximum Gasteiger partial charge on any atom is 0.248 e. The van der Waals surface area contributed by atoms with Gasteiger partial charge in [0.05, 0.1) is 5.92 Å². The van der Waals surface area contributed by atoms with Crippen molar-refractivity contribution in [2.75, 3.05) is 5.32 Å². The van der Waals surface area contributed by atoms with Gasteiger partial charge in [-0.15, -0.1) is 0 Å². The molecule has 2 rings (SSSR count). The number of anilines is 1. The summed E-state index contributed by atoms with van der Waals surface area (Å²) in [4.78, 5) is 23.4. The summed E-state index contributed by atoms with van der Waals surface area (Å²) in [6, 6.07) is 6.56. The minimum Gasteiger partial charge on any atom is -0.366 e. The topological polar surface area (TPSA) is 98.2 Å². The Labute approximate surface area is 118 Å². The third-order valence-corrected chi connectivity index (χ3v) is 3.82. The molecule has 1 saturated carbocycles. The molecule has 2 amide bonds. The zero-order chi connectivity index (χ0) is 14.5. The highest BCUT2D eigenvalue weighted by atomic mass is 16.2. The Hall–Kier alpha value is -1.88. The van der Waals surface area contributed by atoms with Crippen LogP contribution in [0.2, 0.25) is 0 Å². The summed E-state index contributed by atoms with van der Waals surface area (Å²) in [7, 11) is 0. The quantitative estimate of drug-likeness (QED) is 0.731. The van der Waals surface area contributed by atoms with Gasteiger partial charge >= 0.3 is 0 Å². The summed E-state index contributed by atoms with van der Waals surface area (Å²) >= 11 is 0. The lowest BCUT2D eigenvalue weighted by molar-refractivity contribution is -0.120. The lowest BCUT2D eigenvalue weighted by Crippen LogP contribution is -2.37. The average Bonchev–Trinajstić information content (AvgIpc) is 2.63. The van der Waals surface area contributed by atoms with E-state index in [1.165, 1.54) is 0 Å².